The molecule has 0 spiro atoms. The normalized spacial score (nSPS) is 23.0. The Morgan fingerprint density at radius 3 is 2.95 bits per heavy atom. The molecule has 1 aliphatic rings. The van der Waals surface area contributed by atoms with Crippen molar-refractivity contribution in [2.75, 3.05) is 26.3 Å². The lowest BCUT2D eigenvalue weighted by molar-refractivity contribution is 0.107. The summed E-state index contributed by atoms with van der Waals surface area (Å²) < 4.78 is 7.57. The van der Waals surface area contributed by atoms with E-state index in [1.807, 2.05) is 24.1 Å². The zero-order valence-corrected chi connectivity index (χ0v) is 12.7. The highest BCUT2D eigenvalue weighted by molar-refractivity contribution is 5.16. The Hall–Kier alpha value is -1.66. The topological polar surface area (TPSA) is 59.0 Å². The third-order valence-corrected chi connectivity index (χ3v) is 4.15. The van der Waals surface area contributed by atoms with Gasteiger partial charge in [-0.3, -0.25) is 9.58 Å². The van der Waals surface area contributed by atoms with Crippen molar-refractivity contribution in [3.05, 3.63) is 36.2 Å². The number of hydrogen-bond acceptors (Lipinski definition) is 4. The number of aryl methyl sites for hydroxylation is 1. The van der Waals surface area contributed by atoms with E-state index in [1.165, 1.54) is 5.56 Å². The lowest BCUT2D eigenvalue weighted by Gasteiger charge is -2.16. The smallest absolute Gasteiger partial charge is 0.0922 e. The van der Waals surface area contributed by atoms with Gasteiger partial charge in [0.1, 0.15) is 0 Å². The van der Waals surface area contributed by atoms with Crippen molar-refractivity contribution < 1.29 is 4.74 Å². The molecule has 0 unspecified atom stereocenters. The number of ether oxygens (including phenoxy) is 1. The molecule has 114 valence electrons. The number of rotatable bonds is 6. The molecular formula is C15H23N5O. The number of imidazole rings is 1. The van der Waals surface area contributed by atoms with Crippen molar-refractivity contribution in [1.82, 2.24) is 24.6 Å². The SMILES string of the molecule is CCOC[C@@H]1CN(Cc2cnc[nH]2)C[C@H]1c1cnn(C)c1. The number of aromatic amines is 1. The van der Waals surface area contributed by atoms with Gasteiger partial charge >= 0.3 is 0 Å². The highest BCUT2D eigenvalue weighted by Gasteiger charge is 2.34. The molecule has 3 rings (SSSR count). The third kappa shape index (κ3) is 3.33. The van der Waals surface area contributed by atoms with Crippen LogP contribution in [0.3, 0.4) is 0 Å². The maximum absolute atomic E-state index is 5.69. The molecule has 1 aliphatic heterocycles. The first-order chi connectivity index (χ1) is 10.3. The molecule has 6 nitrogen and oxygen atoms in total. The van der Waals surface area contributed by atoms with Crippen LogP contribution in [0, 0.1) is 5.92 Å². The summed E-state index contributed by atoms with van der Waals surface area (Å²) in [7, 11) is 1.97. The summed E-state index contributed by atoms with van der Waals surface area (Å²) in [5.74, 6) is 1.02. The second-order valence-corrected chi connectivity index (χ2v) is 5.74. The van der Waals surface area contributed by atoms with Crippen LogP contribution in [-0.2, 0) is 18.3 Å². The van der Waals surface area contributed by atoms with Gasteiger partial charge in [-0.1, -0.05) is 0 Å². The Labute approximate surface area is 125 Å². The van der Waals surface area contributed by atoms with Gasteiger partial charge in [0.15, 0.2) is 0 Å². The number of likely N-dealkylation sites (tertiary alicyclic amines) is 1. The van der Waals surface area contributed by atoms with Gasteiger partial charge in [0.2, 0.25) is 0 Å². The molecule has 0 aliphatic carbocycles. The molecule has 1 fully saturated rings. The largest absolute Gasteiger partial charge is 0.381 e. The van der Waals surface area contributed by atoms with Crippen molar-refractivity contribution in [1.29, 1.82) is 0 Å². The van der Waals surface area contributed by atoms with Gasteiger partial charge in [-0.05, 0) is 12.5 Å². The third-order valence-electron chi connectivity index (χ3n) is 4.15. The van der Waals surface area contributed by atoms with Crippen LogP contribution in [0.4, 0.5) is 0 Å². The van der Waals surface area contributed by atoms with Crippen molar-refractivity contribution in [2.45, 2.75) is 19.4 Å². The standard InChI is InChI=1S/C15H23N5O/c1-3-21-10-13-7-20(8-14-5-16-11-17-14)9-15(13)12-4-18-19(2)6-12/h4-6,11,13,15H,3,7-10H2,1-2H3,(H,16,17)/t13-,15-/m0/s1. The van der Waals surface area contributed by atoms with Crippen LogP contribution in [-0.4, -0.2) is 51.0 Å². The number of nitrogens with zero attached hydrogens (tertiary/aromatic N) is 4. The van der Waals surface area contributed by atoms with Gasteiger partial charge in [0, 0.05) is 63.2 Å². The predicted octanol–water partition coefficient (Wildman–Crippen LogP) is 1.40. The molecule has 21 heavy (non-hydrogen) atoms. The van der Waals surface area contributed by atoms with Gasteiger partial charge in [0.05, 0.1) is 19.1 Å². The van der Waals surface area contributed by atoms with Gasteiger partial charge < -0.3 is 9.72 Å². The molecule has 6 heteroatoms. The van der Waals surface area contributed by atoms with E-state index in [4.69, 9.17) is 4.74 Å². The van der Waals surface area contributed by atoms with Crippen molar-refractivity contribution in [3.8, 4) is 0 Å². The van der Waals surface area contributed by atoms with Crippen molar-refractivity contribution in [2.24, 2.45) is 13.0 Å². The molecular weight excluding hydrogens is 266 g/mol. The highest BCUT2D eigenvalue weighted by atomic mass is 16.5. The lowest BCUT2D eigenvalue weighted by Crippen LogP contribution is -2.21. The summed E-state index contributed by atoms with van der Waals surface area (Å²) in [5, 5.41) is 4.32. The second kappa shape index (κ2) is 6.41. The van der Waals surface area contributed by atoms with Crippen LogP contribution < -0.4 is 0 Å². The molecule has 2 aromatic heterocycles. The van der Waals surface area contributed by atoms with E-state index in [-0.39, 0.29) is 0 Å². The first-order valence-corrected chi connectivity index (χ1v) is 7.52. The summed E-state index contributed by atoms with van der Waals surface area (Å²) in [6.07, 6.45) is 7.75. The highest BCUT2D eigenvalue weighted by Crippen LogP contribution is 2.33. The minimum atomic E-state index is 0.494. The van der Waals surface area contributed by atoms with E-state index < -0.39 is 0 Å². The van der Waals surface area contributed by atoms with E-state index in [0.29, 0.717) is 11.8 Å². The second-order valence-electron chi connectivity index (χ2n) is 5.74. The van der Waals surface area contributed by atoms with Gasteiger partial charge in [-0.2, -0.15) is 5.10 Å². The molecule has 3 heterocycles. The molecule has 0 saturated carbocycles. The number of aromatic nitrogens is 4. The van der Waals surface area contributed by atoms with Crippen LogP contribution in [0.1, 0.15) is 24.1 Å². The van der Waals surface area contributed by atoms with E-state index in [9.17, 15) is 0 Å². The number of H-pyrrole nitrogens is 1. The molecule has 1 saturated heterocycles. The fourth-order valence-corrected chi connectivity index (χ4v) is 3.15. The van der Waals surface area contributed by atoms with Gasteiger partial charge in [-0.25, -0.2) is 4.98 Å². The monoisotopic (exact) mass is 289 g/mol. The Bertz CT molecular complexity index is 550. The van der Waals surface area contributed by atoms with E-state index in [1.54, 1.807) is 6.33 Å². The number of nitrogens with one attached hydrogen (secondary N) is 1. The fourth-order valence-electron chi connectivity index (χ4n) is 3.15. The average Bonchev–Trinajstić information content (AvgIpc) is 3.18. The molecule has 1 N–H and O–H groups in total. The van der Waals surface area contributed by atoms with Gasteiger partial charge in [0.25, 0.3) is 0 Å². The van der Waals surface area contributed by atoms with E-state index >= 15 is 0 Å². The maximum atomic E-state index is 5.69. The zero-order valence-electron chi connectivity index (χ0n) is 12.7. The van der Waals surface area contributed by atoms with Crippen molar-refractivity contribution >= 4 is 0 Å². The summed E-state index contributed by atoms with van der Waals surface area (Å²) in [6, 6.07) is 0. The first kappa shape index (κ1) is 14.3. The summed E-state index contributed by atoms with van der Waals surface area (Å²) >= 11 is 0. The molecule has 0 bridgehead atoms. The Morgan fingerprint density at radius 2 is 2.29 bits per heavy atom. The summed E-state index contributed by atoms with van der Waals surface area (Å²) in [4.78, 5) is 9.74. The fraction of sp³-hybridized carbons (Fsp3) is 0.600. The lowest BCUT2D eigenvalue weighted by atomic mass is 9.92. The minimum Gasteiger partial charge on any atom is -0.381 e. The van der Waals surface area contributed by atoms with Crippen LogP contribution >= 0.6 is 0 Å². The predicted molar refractivity (Wildman–Crippen MR) is 79.8 cm³/mol. The summed E-state index contributed by atoms with van der Waals surface area (Å²) in [6.45, 7) is 6.66. The minimum absolute atomic E-state index is 0.494. The summed E-state index contributed by atoms with van der Waals surface area (Å²) in [5.41, 5.74) is 2.48. The quantitative estimate of drug-likeness (QED) is 0.873. The molecule has 0 radical (unpaired) electrons. The number of hydrogen-bond donors (Lipinski definition) is 1. The molecule has 0 amide bonds. The van der Waals surface area contributed by atoms with E-state index in [0.717, 1.165) is 38.5 Å². The van der Waals surface area contributed by atoms with Crippen LogP contribution in [0.25, 0.3) is 0 Å². The van der Waals surface area contributed by atoms with Crippen molar-refractivity contribution in [3.63, 3.8) is 0 Å². The van der Waals surface area contributed by atoms with Crippen LogP contribution in [0.15, 0.2) is 24.9 Å². The van der Waals surface area contributed by atoms with Crippen LogP contribution in [0.2, 0.25) is 0 Å². The average molecular weight is 289 g/mol. The molecule has 2 aromatic rings. The maximum Gasteiger partial charge on any atom is 0.0922 e. The van der Waals surface area contributed by atoms with Crippen LogP contribution in [0.5, 0.6) is 0 Å². The van der Waals surface area contributed by atoms with E-state index in [2.05, 4.69) is 33.1 Å². The zero-order chi connectivity index (χ0) is 14.7. The molecule has 2 atom stereocenters. The Balaban J connectivity index is 1.70. The Morgan fingerprint density at radius 1 is 1.38 bits per heavy atom. The van der Waals surface area contributed by atoms with Gasteiger partial charge in [-0.15, -0.1) is 0 Å². The Kier molecular flexibility index (Phi) is 4.36. The first-order valence-electron chi connectivity index (χ1n) is 7.52. The molecule has 0 aromatic carbocycles.